The summed E-state index contributed by atoms with van der Waals surface area (Å²) in [4.78, 5) is 11.7. The lowest BCUT2D eigenvalue weighted by Crippen LogP contribution is -2.38. The van der Waals surface area contributed by atoms with Gasteiger partial charge in [0, 0.05) is 18.7 Å². The summed E-state index contributed by atoms with van der Waals surface area (Å²) in [6.07, 6.45) is 1.30. The molecule has 0 atom stereocenters. The molecule has 0 saturated carbocycles. The standard InChI is InChI=1S/C13H12N2O2/c16-13(12-8-4-5-9-15(12)17)14-10-11-6-2-1-3-7-11/h1-9H,10H2,(H,14,16). The van der Waals surface area contributed by atoms with Crippen LogP contribution < -0.4 is 10.0 Å². The summed E-state index contributed by atoms with van der Waals surface area (Å²) >= 11 is 0. The second-order valence-corrected chi connectivity index (χ2v) is 3.58. The van der Waals surface area contributed by atoms with Crippen LogP contribution >= 0.6 is 0 Å². The second kappa shape index (κ2) is 5.12. The van der Waals surface area contributed by atoms with Crippen LogP contribution in [0.3, 0.4) is 0 Å². The minimum absolute atomic E-state index is 0.100. The first kappa shape index (κ1) is 11.1. The molecular formula is C13H12N2O2. The number of carbonyl (C=O) groups excluding carboxylic acids is 1. The van der Waals surface area contributed by atoms with Gasteiger partial charge in [0.25, 0.3) is 5.69 Å². The maximum absolute atomic E-state index is 11.7. The maximum atomic E-state index is 11.7. The predicted molar refractivity (Wildman–Crippen MR) is 63.0 cm³/mol. The van der Waals surface area contributed by atoms with E-state index in [2.05, 4.69) is 5.32 Å². The van der Waals surface area contributed by atoms with Crippen molar-refractivity contribution in [2.24, 2.45) is 0 Å². The Bertz CT molecular complexity index is 512. The molecule has 0 radical (unpaired) electrons. The van der Waals surface area contributed by atoms with Crippen LogP contribution in [0.25, 0.3) is 0 Å². The van der Waals surface area contributed by atoms with E-state index in [4.69, 9.17) is 0 Å². The fraction of sp³-hybridized carbons (Fsp3) is 0.0769. The number of rotatable bonds is 3. The molecule has 17 heavy (non-hydrogen) atoms. The van der Waals surface area contributed by atoms with E-state index in [9.17, 15) is 10.0 Å². The lowest BCUT2D eigenvalue weighted by Gasteiger charge is -2.05. The molecule has 0 fully saturated rings. The van der Waals surface area contributed by atoms with Crippen molar-refractivity contribution in [1.82, 2.24) is 5.32 Å². The highest BCUT2D eigenvalue weighted by atomic mass is 16.5. The van der Waals surface area contributed by atoms with Gasteiger partial charge >= 0.3 is 5.91 Å². The second-order valence-electron chi connectivity index (χ2n) is 3.58. The third-order valence-corrected chi connectivity index (χ3v) is 2.35. The van der Waals surface area contributed by atoms with Gasteiger partial charge in [-0.15, -0.1) is 0 Å². The van der Waals surface area contributed by atoms with Gasteiger partial charge in [0.2, 0.25) is 0 Å². The highest BCUT2D eigenvalue weighted by molar-refractivity contribution is 5.90. The number of carbonyl (C=O) groups is 1. The zero-order chi connectivity index (χ0) is 12.1. The predicted octanol–water partition coefficient (Wildman–Crippen LogP) is 1.25. The van der Waals surface area contributed by atoms with Crippen molar-refractivity contribution < 1.29 is 9.52 Å². The van der Waals surface area contributed by atoms with Gasteiger partial charge in [-0.1, -0.05) is 30.3 Å². The van der Waals surface area contributed by atoms with Gasteiger partial charge < -0.3 is 10.5 Å². The van der Waals surface area contributed by atoms with E-state index in [1.165, 1.54) is 12.3 Å². The average Bonchev–Trinajstić information content (AvgIpc) is 2.38. The van der Waals surface area contributed by atoms with Crippen molar-refractivity contribution in [2.75, 3.05) is 0 Å². The van der Waals surface area contributed by atoms with E-state index < -0.39 is 0 Å². The fourth-order valence-electron chi connectivity index (χ4n) is 1.47. The van der Waals surface area contributed by atoms with Crippen molar-refractivity contribution in [2.45, 2.75) is 6.54 Å². The molecule has 0 saturated heterocycles. The average molecular weight is 228 g/mol. The van der Waals surface area contributed by atoms with Crippen LogP contribution in [0, 0.1) is 5.21 Å². The minimum Gasteiger partial charge on any atom is -0.618 e. The molecule has 0 unspecified atom stereocenters. The van der Waals surface area contributed by atoms with Gasteiger partial charge in [-0.25, -0.2) is 0 Å². The molecule has 86 valence electrons. The first-order chi connectivity index (χ1) is 8.27. The molecule has 1 N–H and O–H groups in total. The summed E-state index contributed by atoms with van der Waals surface area (Å²) in [5.74, 6) is -0.371. The van der Waals surface area contributed by atoms with E-state index >= 15 is 0 Å². The summed E-state index contributed by atoms with van der Waals surface area (Å²) < 4.78 is 0.556. The number of amides is 1. The molecule has 4 nitrogen and oxygen atoms in total. The maximum Gasteiger partial charge on any atom is 0.317 e. The zero-order valence-corrected chi connectivity index (χ0v) is 9.17. The molecule has 1 heterocycles. The topological polar surface area (TPSA) is 56.0 Å². The van der Waals surface area contributed by atoms with Gasteiger partial charge in [-0.3, -0.25) is 4.79 Å². The van der Waals surface area contributed by atoms with Crippen LogP contribution in [-0.2, 0) is 6.54 Å². The lowest BCUT2D eigenvalue weighted by atomic mass is 10.2. The highest BCUT2D eigenvalue weighted by Crippen LogP contribution is 1.98. The Balaban J connectivity index is 2.01. The summed E-state index contributed by atoms with van der Waals surface area (Å²) in [7, 11) is 0. The summed E-state index contributed by atoms with van der Waals surface area (Å²) in [5.41, 5.74) is 1.10. The molecule has 0 aliphatic carbocycles. The van der Waals surface area contributed by atoms with Crippen LogP contribution in [0.5, 0.6) is 0 Å². The van der Waals surface area contributed by atoms with E-state index in [-0.39, 0.29) is 11.6 Å². The van der Waals surface area contributed by atoms with Gasteiger partial charge in [-0.2, -0.15) is 4.73 Å². The highest BCUT2D eigenvalue weighted by Gasteiger charge is 2.13. The Kier molecular flexibility index (Phi) is 3.35. The SMILES string of the molecule is O=C(NCc1ccccc1)c1cccc[n+]1[O-]. The lowest BCUT2D eigenvalue weighted by molar-refractivity contribution is -0.607. The number of benzene rings is 1. The van der Waals surface area contributed by atoms with Crippen LogP contribution in [0.15, 0.2) is 54.7 Å². The van der Waals surface area contributed by atoms with Crippen LogP contribution in [0.1, 0.15) is 16.1 Å². The molecule has 2 aromatic rings. The number of pyridine rings is 1. The van der Waals surface area contributed by atoms with Crippen molar-refractivity contribution >= 4 is 5.91 Å². The smallest absolute Gasteiger partial charge is 0.317 e. The fourth-order valence-corrected chi connectivity index (χ4v) is 1.47. The van der Waals surface area contributed by atoms with Gasteiger partial charge in [-0.05, 0) is 11.6 Å². The summed E-state index contributed by atoms with van der Waals surface area (Å²) in [5, 5.41) is 14.0. The molecule has 0 aliphatic heterocycles. The van der Waals surface area contributed by atoms with Gasteiger partial charge in [0.1, 0.15) is 0 Å². The van der Waals surface area contributed by atoms with Crippen LogP contribution in [0.2, 0.25) is 0 Å². The van der Waals surface area contributed by atoms with Crippen molar-refractivity contribution in [3.05, 3.63) is 71.2 Å². The Morgan fingerprint density at radius 2 is 1.82 bits per heavy atom. The molecule has 0 aliphatic rings. The molecule has 4 heteroatoms. The van der Waals surface area contributed by atoms with E-state index in [1.54, 1.807) is 12.1 Å². The summed E-state index contributed by atoms with van der Waals surface area (Å²) in [6, 6.07) is 14.3. The largest absolute Gasteiger partial charge is 0.618 e. The third-order valence-electron chi connectivity index (χ3n) is 2.35. The number of aromatic nitrogens is 1. The molecule has 2 rings (SSSR count). The van der Waals surface area contributed by atoms with Crippen molar-refractivity contribution in [3.63, 3.8) is 0 Å². The summed E-state index contributed by atoms with van der Waals surface area (Å²) in [6.45, 7) is 0.411. The molecule has 1 amide bonds. The van der Waals surface area contributed by atoms with Crippen LogP contribution in [-0.4, -0.2) is 5.91 Å². The normalized spacial score (nSPS) is 9.88. The quantitative estimate of drug-likeness (QED) is 0.635. The monoisotopic (exact) mass is 228 g/mol. The minimum atomic E-state index is -0.371. The van der Waals surface area contributed by atoms with Crippen molar-refractivity contribution in [1.29, 1.82) is 0 Å². The number of nitrogens with zero attached hydrogens (tertiary/aromatic N) is 1. The molecular weight excluding hydrogens is 216 g/mol. The Morgan fingerprint density at radius 3 is 2.53 bits per heavy atom. The molecule has 0 bridgehead atoms. The van der Waals surface area contributed by atoms with E-state index in [0.29, 0.717) is 11.3 Å². The molecule has 1 aromatic carbocycles. The third kappa shape index (κ3) is 2.81. The Hall–Kier alpha value is -2.36. The van der Waals surface area contributed by atoms with Crippen LogP contribution in [0.4, 0.5) is 0 Å². The zero-order valence-electron chi connectivity index (χ0n) is 9.17. The number of nitrogens with one attached hydrogen (secondary N) is 1. The number of hydrogen-bond donors (Lipinski definition) is 1. The molecule has 1 aromatic heterocycles. The van der Waals surface area contributed by atoms with E-state index in [1.807, 2.05) is 30.3 Å². The molecule has 0 spiro atoms. The van der Waals surface area contributed by atoms with Gasteiger partial charge in [0.15, 0.2) is 6.20 Å². The van der Waals surface area contributed by atoms with Gasteiger partial charge in [0.05, 0.1) is 0 Å². The number of hydrogen-bond acceptors (Lipinski definition) is 2. The Labute approximate surface area is 99.1 Å². The van der Waals surface area contributed by atoms with Crippen molar-refractivity contribution in [3.8, 4) is 0 Å². The van der Waals surface area contributed by atoms with E-state index in [0.717, 1.165) is 5.56 Å². The Morgan fingerprint density at radius 1 is 1.12 bits per heavy atom. The first-order valence-corrected chi connectivity index (χ1v) is 5.27. The first-order valence-electron chi connectivity index (χ1n) is 5.27.